The third-order valence-electron chi connectivity index (χ3n) is 8.26. The first-order valence-electron chi connectivity index (χ1n) is 14.4. The van der Waals surface area contributed by atoms with Gasteiger partial charge in [-0.05, 0) is 94.7 Å². The topological polar surface area (TPSA) is 35.5 Å². The molecular formula is C32H54O3. The van der Waals surface area contributed by atoms with E-state index in [0.29, 0.717) is 0 Å². The van der Waals surface area contributed by atoms with E-state index in [1.54, 1.807) is 6.92 Å². The molecule has 0 fully saturated rings. The Morgan fingerprint density at radius 1 is 0.886 bits per heavy atom. The fraction of sp³-hybridized carbons (Fsp3) is 0.781. The largest absolute Gasteiger partial charge is 0.487 e. The van der Waals surface area contributed by atoms with E-state index in [-0.39, 0.29) is 18.0 Å². The van der Waals surface area contributed by atoms with Crippen LogP contribution in [0.15, 0.2) is 0 Å². The quantitative estimate of drug-likeness (QED) is 0.248. The van der Waals surface area contributed by atoms with Crippen LogP contribution in [0.5, 0.6) is 11.5 Å². The third kappa shape index (κ3) is 9.14. The first kappa shape index (κ1) is 29.7. The minimum atomic E-state index is -0.0942. The molecule has 2 rings (SSSR count). The van der Waals surface area contributed by atoms with Gasteiger partial charge in [-0.15, -0.1) is 0 Å². The highest BCUT2D eigenvalue weighted by Crippen LogP contribution is 2.45. The molecule has 200 valence electrons. The summed E-state index contributed by atoms with van der Waals surface area (Å²) in [5.74, 6) is 4.49. The van der Waals surface area contributed by atoms with Gasteiger partial charge < -0.3 is 9.47 Å². The second kappa shape index (κ2) is 13.7. The Morgan fingerprint density at radius 3 is 2.03 bits per heavy atom. The van der Waals surface area contributed by atoms with Crippen LogP contribution in [0, 0.1) is 38.5 Å². The summed E-state index contributed by atoms with van der Waals surface area (Å²) in [5.41, 5.74) is 4.56. The molecule has 1 aliphatic rings. The highest BCUT2D eigenvalue weighted by molar-refractivity contribution is 5.77. The molecule has 0 aromatic heterocycles. The Hall–Kier alpha value is -1.51. The lowest BCUT2D eigenvalue weighted by atomic mass is 9.83. The highest BCUT2D eigenvalue weighted by atomic mass is 16.5. The van der Waals surface area contributed by atoms with Crippen molar-refractivity contribution in [2.75, 3.05) is 6.61 Å². The second-order valence-electron chi connectivity index (χ2n) is 12.4. The molecule has 0 bridgehead atoms. The van der Waals surface area contributed by atoms with Crippen molar-refractivity contribution >= 4 is 5.78 Å². The third-order valence-corrected chi connectivity index (χ3v) is 8.26. The maximum absolute atomic E-state index is 11.4. The number of carbonyl (C=O) groups excluding carboxylic acids is 1. The van der Waals surface area contributed by atoms with E-state index in [2.05, 4.69) is 55.4 Å². The average Bonchev–Trinajstić information content (AvgIpc) is 2.77. The molecule has 3 atom stereocenters. The fourth-order valence-corrected chi connectivity index (χ4v) is 5.65. The molecule has 0 N–H and O–H groups in total. The van der Waals surface area contributed by atoms with Crippen LogP contribution in [-0.2, 0) is 11.2 Å². The van der Waals surface area contributed by atoms with Crippen LogP contribution in [0.2, 0.25) is 0 Å². The van der Waals surface area contributed by atoms with Crippen LogP contribution in [-0.4, -0.2) is 18.0 Å². The highest BCUT2D eigenvalue weighted by Gasteiger charge is 2.34. The Bertz CT molecular complexity index is 825. The van der Waals surface area contributed by atoms with Crippen LogP contribution >= 0.6 is 0 Å². The summed E-state index contributed by atoms with van der Waals surface area (Å²) in [5, 5.41) is 0. The van der Waals surface area contributed by atoms with Gasteiger partial charge in [0.25, 0.3) is 0 Å². The van der Waals surface area contributed by atoms with E-state index in [1.165, 1.54) is 56.9 Å². The van der Waals surface area contributed by atoms with Crippen molar-refractivity contribution in [2.24, 2.45) is 17.8 Å². The molecule has 1 aromatic carbocycles. The summed E-state index contributed by atoms with van der Waals surface area (Å²) in [7, 11) is 0. The SMILES string of the molecule is CC(=O)COc1c(C)c(C)c2c(c1C)CC[C@@](C)(CCC[C@H](C)CCC[C@H](C)CCCC(C)C)O2. The van der Waals surface area contributed by atoms with Gasteiger partial charge in [-0.2, -0.15) is 0 Å². The van der Waals surface area contributed by atoms with Crippen LogP contribution in [0.25, 0.3) is 0 Å². The minimum absolute atomic E-state index is 0.0494. The van der Waals surface area contributed by atoms with Crippen molar-refractivity contribution in [1.29, 1.82) is 0 Å². The van der Waals surface area contributed by atoms with Crippen molar-refractivity contribution < 1.29 is 14.3 Å². The van der Waals surface area contributed by atoms with Crippen LogP contribution in [0.1, 0.15) is 128 Å². The predicted molar refractivity (Wildman–Crippen MR) is 149 cm³/mol. The van der Waals surface area contributed by atoms with Crippen molar-refractivity contribution in [3.8, 4) is 11.5 Å². The van der Waals surface area contributed by atoms with Gasteiger partial charge >= 0.3 is 0 Å². The normalized spacial score (nSPS) is 19.3. The molecule has 35 heavy (non-hydrogen) atoms. The van der Waals surface area contributed by atoms with Crippen LogP contribution in [0.4, 0.5) is 0 Å². The lowest BCUT2D eigenvalue weighted by Gasteiger charge is -2.38. The number of ketones is 1. The van der Waals surface area contributed by atoms with Crippen molar-refractivity contribution in [3.05, 3.63) is 22.3 Å². The smallest absolute Gasteiger partial charge is 0.167 e. The maximum atomic E-state index is 11.4. The Labute approximate surface area is 216 Å². The zero-order valence-corrected chi connectivity index (χ0v) is 24.4. The average molecular weight is 487 g/mol. The van der Waals surface area contributed by atoms with E-state index in [1.807, 2.05) is 0 Å². The lowest BCUT2D eigenvalue weighted by molar-refractivity contribution is -0.118. The molecule has 0 spiro atoms. The molecule has 0 amide bonds. The van der Waals surface area contributed by atoms with E-state index in [4.69, 9.17) is 9.47 Å². The number of ether oxygens (including phenoxy) is 2. The maximum Gasteiger partial charge on any atom is 0.167 e. The molecule has 0 saturated heterocycles. The first-order chi connectivity index (χ1) is 16.4. The summed E-state index contributed by atoms with van der Waals surface area (Å²) in [6.07, 6.45) is 14.0. The number of fused-ring (bicyclic) bond motifs is 1. The van der Waals surface area contributed by atoms with Gasteiger partial charge in [0, 0.05) is 5.56 Å². The van der Waals surface area contributed by atoms with Gasteiger partial charge in [-0.3, -0.25) is 4.79 Å². The molecule has 0 unspecified atom stereocenters. The summed E-state index contributed by atoms with van der Waals surface area (Å²) in [6.45, 7) is 19.9. The molecular weight excluding hydrogens is 432 g/mol. The Kier molecular flexibility index (Phi) is 11.6. The molecule has 3 nitrogen and oxygen atoms in total. The summed E-state index contributed by atoms with van der Waals surface area (Å²) < 4.78 is 12.6. The zero-order chi connectivity index (χ0) is 26.2. The monoisotopic (exact) mass is 486 g/mol. The molecule has 0 radical (unpaired) electrons. The van der Waals surface area contributed by atoms with Crippen LogP contribution < -0.4 is 9.47 Å². The summed E-state index contributed by atoms with van der Waals surface area (Å²) in [4.78, 5) is 11.4. The Morgan fingerprint density at radius 2 is 1.46 bits per heavy atom. The standard InChI is InChI=1S/C32H54O3/c1-22(2)13-10-14-23(3)15-11-16-24(4)17-12-19-32(9)20-18-29-28(8)30(34-21-25(5)33)26(6)27(7)31(29)35-32/h22-24H,10-21H2,1-9H3/t23-,24-,32-/m1/s1. The number of Topliss-reactive ketones (excluding diaryl/α,β-unsaturated/α-hetero) is 1. The summed E-state index contributed by atoms with van der Waals surface area (Å²) >= 11 is 0. The number of benzene rings is 1. The number of rotatable bonds is 15. The molecule has 1 heterocycles. The molecule has 1 aliphatic heterocycles. The van der Waals surface area contributed by atoms with Gasteiger partial charge in [-0.25, -0.2) is 0 Å². The van der Waals surface area contributed by atoms with E-state index in [0.717, 1.165) is 65.2 Å². The lowest BCUT2D eigenvalue weighted by Crippen LogP contribution is -2.37. The number of hydrogen-bond donors (Lipinski definition) is 0. The minimum Gasteiger partial charge on any atom is -0.487 e. The second-order valence-corrected chi connectivity index (χ2v) is 12.4. The molecule has 3 heteroatoms. The predicted octanol–water partition coefficient (Wildman–Crippen LogP) is 9.10. The molecule has 0 aliphatic carbocycles. The van der Waals surface area contributed by atoms with Gasteiger partial charge in [0.2, 0.25) is 0 Å². The van der Waals surface area contributed by atoms with Crippen molar-refractivity contribution in [1.82, 2.24) is 0 Å². The van der Waals surface area contributed by atoms with Gasteiger partial charge in [0.05, 0.1) is 0 Å². The van der Waals surface area contributed by atoms with Gasteiger partial charge in [0.15, 0.2) is 5.78 Å². The Balaban J connectivity index is 1.83. The zero-order valence-electron chi connectivity index (χ0n) is 24.4. The van der Waals surface area contributed by atoms with Gasteiger partial charge in [0.1, 0.15) is 23.7 Å². The van der Waals surface area contributed by atoms with Gasteiger partial charge in [-0.1, -0.05) is 72.6 Å². The first-order valence-corrected chi connectivity index (χ1v) is 14.4. The van der Waals surface area contributed by atoms with E-state index in [9.17, 15) is 4.79 Å². The fourth-order valence-electron chi connectivity index (χ4n) is 5.65. The number of hydrogen-bond acceptors (Lipinski definition) is 3. The molecule has 1 aromatic rings. The van der Waals surface area contributed by atoms with Crippen molar-refractivity contribution in [2.45, 2.75) is 139 Å². The van der Waals surface area contributed by atoms with E-state index < -0.39 is 0 Å². The van der Waals surface area contributed by atoms with Crippen LogP contribution in [0.3, 0.4) is 0 Å². The molecule has 0 saturated carbocycles. The summed E-state index contributed by atoms with van der Waals surface area (Å²) in [6, 6.07) is 0. The van der Waals surface area contributed by atoms with Crippen molar-refractivity contribution in [3.63, 3.8) is 0 Å². The number of carbonyl (C=O) groups is 1. The van der Waals surface area contributed by atoms with E-state index >= 15 is 0 Å².